The minimum absolute atomic E-state index is 0.382. The van der Waals surface area contributed by atoms with Gasteiger partial charge in [0.25, 0.3) is 0 Å². The van der Waals surface area contributed by atoms with Gasteiger partial charge in [0.1, 0.15) is 0 Å². The van der Waals surface area contributed by atoms with Crippen LogP contribution in [0.4, 0.5) is 0 Å². The van der Waals surface area contributed by atoms with E-state index in [2.05, 4.69) is 31.7 Å². The Morgan fingerprint density at radius 2 is 2.27 bits per heavy atom. The number of thiophene rings is 1. The highest BCUT2D eigenvalue weighted by molar-refractivity contribution is 7.12. The summed E-state index contributed by atoms with van der Waals surface area (Å²) < 4.78 is 0. The maximum Gasteiger partial charge on any atom is 0.0331 e. The van der Waals surface area contributed by atoms with Gasteiger partial charge in [-0.1, -0.05) is 0 Å². The van der Waals surface area contributed by atoms with Crippen molar-refractivity contribution in [3.05, 3.63) is 21.4 Å². The van der Waals surface area contributed by atoms with Crippen molar-refractivity contribution in [1.29, 1.82) is 0 Å². The van der Waals surface area contributed by atoms with Crippen LogP contribution in [0, 0.1) is 13.8 Å². The first kappa shape index (κ1) is 11.1. The molecule has 0 aromatic carbocycles. The molecule has 3 heteroatoms. The van der Waals surface area contributed by atoms with Crippen molar-refractivity contribution in [3.8, 4) is 0 Å². The maximum absolute atomic E-state index is 5.95. The molecule has 2 rings (SSSR count). The van der Waals surface area contributed by atoms with Crippen molar-refractivity contribution in [1.82, 2.24) is 4.90 Å². The quantitative estimate of drug-likeness (QED) is 0.836. The van der Waals surface area contributed by atoms with E-state index < -0.39 is 0 Å². The van der Waals surface area contributed by atoms with E-state index in [1.54, 1.807) is 0 Å². The molecular weight excluding hydrogens is 204 g/mol. The van der Waals surface area contributed by atoms with Crippen molar-refractivity contribution in [2.75, 3.05) is 13.1 Å². The van der Waals surface area contributed by atoms with Gasteiger partial charge in [-0.3, -0.25) is 4.90 Å². The van der Waals surface area contributed by atoms with E-state index in [1.165, 1.54) is 15.3 Å². The molecule has 84 valence electrons. The minimum atomic E-state index is 0.382. The van der Waals surface area contributed by atoms with Crippen LogP contribution in [-0.2, 0) is 0 Å². The molecule has 1 fully saturated rings. The van der Waals surface area contributed by atoms with Crippen LogP contribution < -0.4 is 5.73 Å². The summed E-state index contributed by atoms with van der Waals surface area (Å²) in [5.41, 5.74) is 7.44. The van der Waals surface area contributed by atoms with Gasteiger partial charge in [-0.25, -0.2) is 0 Å². The summed E-state index contributed by atoms with van der Waals surface area (Å²) in [6, 6.07) is 3.24. The van der Waals surface area contributed by atoms with Crippen molar-refractivity contribution < 1.29 is 0 Å². The molecule has 0 saturated carbocycles. The zero-order chi connectivity index (χ0) is 11.0. The van der Waals surface area contributed by atoms with Crippen molar-refractivity contribution in [2.45, 2.75) is 39.3 Å². The Kier molecular flexibility index (Phi) is 3.14. The average Bonchev–Trinajstić information content (AvgIpc) is 2.71. The first-order valence-electron chi connectivity index (χ1n) is 5.64. The Morgan fingerprint density at radius 1 is 1.53 bits per heavy atom. The third-order valence-electron chi connectivity index (χ3n) is 3.33. The predicted octanol–water partition coefficient (Wildman–Crippen LogP) is 2.46. The lowest BCUT2D eigenvalue weighted by Gasteiger charge is -2.24. The Hall–Kier alpha value is -0.380. The number of rotatable bonds is 2. The third-order valence-corrected chi connectivity index (χ3v) is 4.32. The molecule has 0 aliphatic carbocycles. The second-order valence-corrected chi connectivity index (χ2v) is 6.05. The smallest absolute Gasteiger partial charge is 0.0331 e. The number of hydrogen-bond acceptors (Lipinski definition) is 3. The van der Waals surface area contributed by atoms with Gasteiger partial charge >= 0.3 is 0 Å². The van der Waals surface area contributed by atoms with E-state index in [0.29, 0.717) is 12.1 Å². The van der Waals surface area contributed by atoms with Gasteiger partial charge in [0.05, 0.1) is 0 Å². The molecule has 1 aromatic heterocycles. The third kappa shape index (κ3) is 2.25. The molecule has 0 spiro atoms. The second-order valence-electron chi connectivity index (χ2n) is 4.59. The minimum Gasteiger partial charge on any atom is -0.326 e. The van der Waals surface area contributed by atoms with E-state index in [-0.39, 0.29) is 0 Å². The molecule has 1 aliphatic heterocycles. The molecule has 0 bridgehead atoms. The first-order valence-corrected chi connectivity index (χ1v) is 6.46. The summed E-state index contributed by atoms with van der Waals surface area (Å²) in [6.07, 6.45) is 1.15. The van der Waals surface area contributed by atoms with Crippen LogP contribution in [0.5, 0.6) is 0 Å². The van der Waals surface area contributed by atoms with Gasteiger partial charge < -0.3 is 5.73 Å². The molecule has 0 radical (unpaired) electrons. The normalized spacial score (nSPS) is 24.7. The van der Waals surface area contributed by atoms with Crippen molar-refractivity contribution in [3.63, 3.8) is 0 Å². The van der Waals surface area contributed by atoms with Crippen LogP contribution in [0.15, 0.2) is 6.07 Å². The molecule has 1 aliphatic rings. The Balaban J connectivity index is 2.13. The summed E-state index contributed by atoms with van der Waals surface area (Å²) in [7, 11) is 0. The standard InChI is InChI=1S/C12H20N2S/c1-8-6-12(10(3)15-8)9(2)14-5-4-11(13)7-14/h6,9,11H,4-5,7,13H2,1-3H3. The highest BCUT2D eigenvalue weighted by Crippen LogP contribution is 2.31. The zero-order valence-electron chi connectivity index (χ0n) is 9.79. The summed E-state index contributed by atoms with van der Waals surface area (Å²) in [6.45, 7) is 8.90. The van der Waals surface area contributed by atoms with Crippen molar-refractivity contribution >= 4 is 11.3 Å². The molecule has 0 amide bonds. The highest BCUT2D eigenvalue weighted by Gasteiger charge is 2.25. The predicted molar refractivity (Wildman–Crippen MR) is 66.4 cm³/mol. The molecular formula is C12H20N2S. The van der Waals surface area contributed by atoms with E-state index in [0.717, 1.165) is 19.5 Å². The first-order chi connectivity index (χ1) is 7.08. The maximum atomic E-state index is 5.95. The summed E-state index contributed by atoms with van der Waals surface area (Å²) in [4.78, 5) is 5.37. The fourth-order valence-electron chi connectivity index (χ4n) is 2.43. The van der Waals surface area contributed by atoms with Gasteiger partial charge in [0.2, 0.25) is 0 Å². The Labute approximate surface area is 96.1 Å². The van der Waals surface area contributed by atoms with Gasteiger partial charge in [0.15, 0.2) is 0 Å². The van der Waals surface area contributed by atoms with E-state index in [1.807, 2.05) is 11.3 Å². The van der Waals surface area contributed by atoms with Crippen LogP contribution >= 0.6 is 11.3 Å². The number of hydrogen-bond donors (Lipinski definition) is 1. The molecule has 2 N–H and O–H groups in total. The monoisotopic (exact) mass is 224 g/mol. The molecule has 15 heavy (non-hydrogen) atoms. The van der Waals surface area contributed by atoms with E-state index in [9.17, 15) is 0 Å². The number of aryl methyl sites for hydroxylation is 2. The van der Waals surface area contributed by atoms with E-state index in [4.69, 9.17) is 5.73 Å². The average molecular weight is 224 g/mol. The largest absolute Gasteiger partial charge is 0.326 e. The zero-order valence-corrected chi connectivity index (χ0v) is 10.6. The molecule has 1 saturated heterocycles. The summed E-state index contributed by atoms with van der Waals surface area (Å²) in [5.74, 6) is 0. The van der Waals surface area contributed by atoms with Crippen LogP contribution in [0.25, 0.3) is 0 Å². The van der Waals surface area contributed by atoms with E-state index >= 15 is 0 Å². The van der Waals surface area contributed by atoms with Crippen LogP contribution in [0.2, 0.25) is 0 Å². The second kappa shape index (κ2) is 4.24. The SMILES string of the molecule is Cc1cc(C(C)N2CCC(N)C2)c(C)s1. The molecule has 2 unspecified atom stereocenters. The Morgan fingerprint density at radius 3 is 2.73 bits per heavy atom. The lowest BCUT2D eigenvalue weighted by Crippen LogP contribution is -2.28. The topological polar surface area (TPSA) is 29.3 Å². The highest BCUT2D eigenvalue weighted by atomic mass is 32.1. The molecule has 2 heterocycles. The lowest BCUT2D eigenvalue weighted by atomic mass is 10.1. The summed E-state index contributed by atoms with van der Waals surface area (Å²) in [5, 5.41) is 0. The van der Waals surface area contributed by atoms with Crippen molar-refractivity contribution in [2.24, 2.45) is 5.73 Å². The molecule has 2 atom stereocenters. The Bertz CT molecular complexity index is 345. The summed E-state index contributed by atoms with van der Waals surface area (Å²) >= 11 is 1.90. The van der Waals surface area contributed by atoms with Gasteiger partial charge in [0, 0.05) is 34.9 Å². The molecule has 2 nitrogen and oxygen atoms in total. The van der Waals surface area contributed by atoms with Gasteiger partial charge in [-0.05, 0) is 38.8 Å². The fourth-order valence-corrected chi connectivity index (χ4v) is 3.45. The number of nitrogens with zero attached hydrogens (tertiary/aromatic N) is 1. The van der Waals surface area contributed by atoms with Crippen LogP contribution in [0.1, 0.15) is 34.7 Å². The number of likely N-dealkylation sites (tertiary alicyclic amines) is 1. The van der Waals surface area contributed by atoms with Crippen LogP contribution in [0.3, 0.4) is 0 Å². The number of nitrogens with two attached hydrogens (primary N) is 1. The fraction of sp³-hybridized carbons (Fsp3) is 0.667. The lowest BCUT2D eigenvalue weighted by molar-refractivity contribution is 0.259. The molecule has 1 aromatic rings. The van der Waals surface area contributed by atoms with Gasteiger partial charge in [-0.2, -0.15) is 0 Å². The van der Waals surface area contributed by atoms with Crippen LogP contribution in [-0.4, -0.2) is 24.0 Å². The van der Waals surface area contributed by atoms with Gasteiger partial charge in [-0.15, -0.1) is 11.3 Å².